The Hall–Kier alpha value is -2.11. The van der Waals surface area contributed by atoms with Crippen molar-refractivity contribution < 1.29 is 14.3 Å². The van der Waals surface area contributed by atoms with Gasteiger partial charge in [-0.1, -0.05) is 24.3 Å². The smallest absolute Gasteiger partial charge is 0.253 e. The highest BCUT2D eigenvalue weighted by atomic mass is 16.5. The number of ether oxygens (including phenoxy) is 2. The number of hydrogen-bond acceptors (Lipinski definition) is 4. The summed E-state index contributed by atoms with van der Waals surface area (Å²) in [6, 6.07) is 11.4. The van der Waals surface area contributed by atoms with Gasteiger partial charge in [0.15, 0.2) is 0 Å². The van der Waals surface area contributed by atoms with E-state index in [4.69, 9.17) is 15.2 Å². The van der Waals surface area contributed by atoms with E-state index in [-0.39, 0.29) is 12.0 Å². The Balaban J connectivity index is 2.13. The normalized spacial score (nSPS) is 12.3. The van der Waals surface area contributed by atoms with Crippen molar-refractivity contribution in [1.82, 2.24) is 5.32 Å². The molecule has 2 rings (SSSR count). The molecular formula is C16H20N2O3. The molecule has 0 heterocycles. The van der Waals surface area contributed by atoms with E-state index in [9.17, 15) is 4.79 Å². The van der Waals surface area contributed by atoms with Crippen molar-refractivity contribution in [3.05, 3.63) is 42.0 Å². The number of nitrogen functional groups attached to an aromatic ring is 1. The lowest BCUT2D eigenvalue weighted by molar-refractivity contribution is 0.0285. The summed E-state index contributed by atoms with van der Waals surface area (Å²) >= 11 is 0. The molecule has 0 saturated heterocycles. The van der Waals surface area contributed by atoms with Crippen molar-refractivity contribution in [3.8, 4) is 0 Å². The van der Waals surface area contributed by atoms with Crippen LogP contribution in [0.25, 0.3) is 10.8 Å². The average Bonchev–Trinajstić information content (AvgIpc) is 2.50. The second kappa shape index (κ2) is 7.06. The van der Waals surface area contributed by atoms with Crippen molar-refractivity contribution in [3.63, 3.8) is 0 Å². The van der Waals surface area contributed by atoms with Crippen molar-refractivity contribution in [2.24, 2.45) is 0 Å². The number of anilines is 1. The molecule has 5 heteroatoms. The van der Waals surface area contributed by atoms with Gasteiger partial charge in [-0.15, -0.1) is 0 Å². The lowest BCUT2D eigenvalue weighted by Crippen LogP contribution is -2.35. The first-order valence-corrected chi connectivity index (χ1v) is 6.74. The fourth-order valence-electron chi connectivity index (χ4n) is 2.15. The SMILES string of the molecule is COCC(CNC(=O)c1cc2ccccc2cc1N)OC. The van der Waals surface area contributed by atoms with E-state index in [1.807, 2.05) is 30.3 Å². The highest BCUT2D eigenvalue weighted by Gasteiger charge is 2.13. The van der Waals surface area contributed by atoms with E-state index in [2.05, 4.69) is 5.32 Å². The zero-order valence-electron chi connectivity index (χ0n) is 12.3. The van der Waals surface area contributed by atoms with E-state index < -0.39 is 0 Å². The maximum atomic E-state index is 12.2. The minimum atomic E-state index is -0.212. The molecule has 0 aromatic heterocycles. The molecule has 3 N–H and O–H groups in total. The highest BCUT2D eigenvalue weighted by molar-refractivity contribution is 6.03. The van der Waals surface area contributed by atoms with Gasteiger partial charge < -0.3 is 20.5 Å². The molecule has 1 amide bonds. The van der Waals surface area contributed by atoms with Crippen LogP contribution in [0.3, 0.4) is 0 Å². The third-order valence-corrected chi connectivity index (χ3v) is 3.34. The maximum absolute atomic E-state index is 12.2. The molecule has 2 aromatic carbocycles. The molecule has 2 aromatic rings. The van der Waals surface area contributed by atoms with Crippen LogP contribution in [0.4, 0.5) is 5.69 Å². The Morgan fingerprint density at radius 3 is 2.52 bits per heavy atom. The minimum Gasteiger partial charge on any atom is -0.398 e. The molecule has 0 bridgehead atoms. The number of nitrogens with two attached hydrogens (primary N) is 1. The summed E-state index contributed by atoms with van der Waals surface area (Å²) in [4.78, 5) is 12.2. The van der Waals surface area contributed by atoms with E-state index in [1.54, 1.807) is 20.3 Å². The number of rotatable bonds is 6. The first kappa shape index (κ1) is 15.3. The lowest BCUT2D eigenvalue weighted by atomic mass is 10.0. The van der Waals surface area contributed by atoms with Crippen LogP contribution in [0.2, 0.25) is 0 Å². The van der Waals surface area contributed by atoms with Crippen LogP contribution in [0.5, 0.6) is 0 Å². The van der Waals surface area contributed by atoms with Crippen LogP contribution in [0, 0.1) is 0 Å². The fraction of sp³-hybridized carbons (Fsp3) is 0.312. The molecule has 0 radical (unpaired) electrons. The molecule has 1 unspecified atom stereocenters. The molecule has 0 aliphatic heterocycles. The van der Waals surface area contributed by atoms with Crippen molar-refractivity contribution >= 4 is 22.4 Å². The van der Waals surface area contributed by atoms with E-state index >= 15 is 0 Å². The Morgan fingerprint density at radius 1 is 1.24 bits per heavy atom. The van der Waals surface area contributed by atoms with E-state index in [1.165, 1.54) is 0 Å². The lowest BCUT2D eigenvalue weighted by Gasteiger charge is -2.15. The minimum absolute atomic E-state index is 0.180. The van der Waals surface area contributed by atoms with Gasteiger partial charge in [-0.25, -0.2) is 0 Å². The number of amides is 1. The third-order valence-electron chi connectivity index (χ3n) is 3.34. The molecule has 0 saturated carbocycles. The largest absolute Gasteiger partial charge is 0.398 e. The highest BCUT2D eigenvalue weighted by Crippen LogP contribution is 2.21. The third kappa shape index (κ3) is 3.71. The van der Waals surface area contributed by atoms with Gasteiger partial charge in [0.1, 0.15) is 0 Å². The van der Waals surface area contributed by atoms with Gasteiger partial charge >= 0.3 is 0 Å². The molecular weight excluding hydrogens is 268 g/mol. The second-order valence-electron chi connectivity index (χ2n) is 4.81. The average molecular weight is 288 g/mol. The molecule has 5 nitrogen and oxygen atoms in total. The summed E-state index contributed by atoms with van der Waals surface area (Å²) in [5.41, 5.74) is 6.91. The van der Waals surface area contributed by atoms with E-state index in [0.717, 1.165) is 10.8 Å². The van der Waals surface area contributed by atoms with Crippen molar-refractivity contribution in [1.29, 1.82) is 0 Å². The van der Waals surface area contributed by atoms with Gasteiger partial charge in [-0.3, -0.25) is 4.79 Å². The number of methoxy groups -OCH3 is 2. The van der Waals surface area contributed by atoms with Crippen LogP contribution in [-0.2, 0) is 9.47 Å². The molecule has 0 fully saturated rings. The molecule has 1 atom stereocenters. The van der Waals surface area contributed by atoms with Gasteiger partial charge in [0.05, 0.1) is 18.3 Å². The predicted octanol–water partition coefficient (Wildman–Crippen LogP) is 1.81. The first-order chi connectivity index (χ1) is 10.2. The molecule has 21 heavy (non-hydrogen) atoms. The van der Waals surface area contributed by atoms with E-state index in [0.29, 0.717) is 24.4 Å². The standard InChI is InChI=1S/C16H20N2O3/c1-20-10-13(21-2)9-18-16(19)14-7-11-5-3-4-6-12(11)8-15(14)17/h3-8,13H,9-10,17H2,1-2H3,(H,18,19). The quantitative estimate of drug-likeness (QED) is 0.795. The topological polar surface area (TPSA) is 73.6 Å². The molecule has 0 spiro atoms. The Labute approximate surface area is 124 Å². The van der Waals surface area contributed by atoms with Gasteiger partial charge in [0.25, 0.3) is 5.91 Å². The predicted molar refractivity (Wildman–Crippen MR) is 83.4 cm³/mol. The van der Waals surface area contributed by atoms with Gasteiger partial charge in [0.2, 0.25) is 0 Å². The fourth-order valence-corrected chi connectivity index (χ4v) is 2.15. The Bertz CT molecular complexity index is 628. The van der Waals surface area contributed by atoms with Crippen molar-refractivity contribution in [2.75, 3.05) is 33.1 Å². The van der Waals surface area contributed by atoms with Gasteiger partial charge in [-0.2, -0.15) is 0 Å². The van der Waals surface area contributed by atoms with Crippen molar-refractivity contribution in [2.45, 2.75) is 6.10 Å². The van der Waals surface area contributed by atoms with Crippen LogP contribution >= 0.6 is 0 Å². The van der Waals surface area contributed by atoms with Gasteiger partial charge in [0, 0.05) is 26.5 Å². The molecule has 112 valence electrons. The zero-order chi connectivity index (χ0) is 15.2. The molecule has 0 aliphatic carbocycles. The Kier molecular flexibility index (Phi) is 5.14. The maximum Gasteiger partial charge on any atom is 0.253 e. The number of carbonyl (C=O) groups is 1. The number of fused-ring (bicyclic) bond motifs is 1. The van der Waals surface area contributed by atoms with Crippen LogP contribution in [0.1, 0.15) is 10.4 Å². The first-order valence-electron chi connectivity index (χ1n) is 6.74. The Morgan fingerprint density at radius 2 is 1.90 bits per heavy atom. The number of nitrogens with one attached hydrogen (secondary N) is 1. The van der Waals surface area contributed by atoms with Gasteiger partial charge in [-0.05, 0) is 22.9 Å². The summed E-state index contributed by atoms with van der Waals surface area (Å²) in [6.45, 7) is 0.791. The summed E-state index contributed by atoms with van der Waals surface area (Å²) in [7, 11) is 3.18. The molecule has 0 aliphatic rings. The summed E-state index contributed by atoms with van der Waals surface area (Å²) in [6.07, 6.45) is -0.180. The number of hydrogen-bond donors (Lipinski definition) is 2. The second-order valence-corrected chi connectivity index (χ2v) is 4.81. The van der Waals surface area contributed by atoms with Crippen LogP contribution in [0.15, 0.2) is 36.4 Å². The summed E-state index contributed by atoms with van der Waals surface area (Å²) in [5, 5.41) is 4.81. The number of carbonyl (C=O) groups excluding carboxylic acids is 1. The van der Waals surface area contributed by atoms with Crippen LogP contribution in [-0.4, -0.2) is 39.4 Å². The number of benzene rings is 2. The monoisotopic (exact) mass is 288 g/mol. The summed E-state index contributed by atoms with van der Waals surface area (Å²) < 4.78 is 10.2. The zero-order valence-corrected chi connectivity index (χ0v) is 12.3. The summed E-state index contributed by atoms with van der Waals surface area (Å²) in [5.74, 6) is -0.212. The van der Waals surface area contributed by atoms with Crippen LogP contribution < -0.4 is 11.1 Å².